The van der Waals surface area contributed by atoms with E-state index in [1.165, 1.54) is 154 Å². The molecule has 0 aromatic rings. The molecule has 9 N–H and O–H groups in total. The average molecular weight is 948 g/mol. The third-order valence-electron chi connectivity index (χ3n) is 12.8. The Labute approximate surface area is 394 Å². The van der Waals surface area contributed by atoms with Crippen LogP contribution >= 0.6 is 7.82 Å². The average Bonchev–Trinajstić information content (AvgIpc) is 3.28. The first-order valence-electron chi connectivity index (χ1n) is 26.4. The number of carbonyl (C=O) groups excluding carboxylic acids is 1. The predicted molar refractivity (Wildman–Crippen MR) is 261 cm³/mol. The van der Waals surface area contributed by atoms with Crippen molar-refractivity contribution >= 4 is 13.7 Å². The molecule has 1 amide bonds. The van der Waals surface area contributed by atoms with Crippen LogP contribution in [-0.4, -0.2) is 108 Å². The van der Waals surface area contributed by atoms with Crippen LogP contribution in [-0.2, 0) is 18.4 Å². The van der Waals surface area contributed by atoms with Crippen LogP contribution in [0, 0.1) is 0 Å². The molecule has 14 heteroatoms. The number of phosphoric acid groups is 1. The minimum absolute atomic E-state index is 0.253. The van der Waals surface area contributed by atoms with Crippen LogP contribution in [0.15, 0.2) is 24.3 Å². The first kappa shape index (κ1) is 61.8. The number of unbranched alkanes of at least 4 members (excludes halogenated alkanes) is 29. The fourth-order valence-corrected chi connectivity index (χ4v) is 9.44. The SMILES string of the molecule is CCCCCCCCCCC/C=C\CCCCCC(O)CC(=O)NC(COP(=O)(O)OC1C(O)C(O)C(O)C(O)C1O)C(O)/C=C/CCCCCCCCCCCCCCCCCCC. The van der Waals surface area contributed by atoms with Crippen molar-refractivity contribution in [1.29, 1.82) is 0 Å². The second-order valence-corrected chi connectivity index (χ2v) is 20.3. The van der Waals surface area contributed by atoms with Gasteiger partial charge in [-0.3, -0.25) is 13.8 Å². The van der Waals surface area contributed by atoms with Gasteiger partial charge >= 0.3 is 7.82 Å². The number of aliphatic hydroxyl groups excluding tert-OH is 7. The van der Waals surface area contributed by atoms with Gasteiger partial charge in [-0.1, -0.05) is 205 Å². The van der Waals surface area contributed by atoms with E-state index in [9.17, 15) is 50.0 Å². The molecular weight excluding hydrogens is 850 g/mol. The summed E-state index contributed by atoms with van der Waals surface area (Å²) in [5.41, 5.74) is 0. The molecule has 8 atom stereocenters. The lowest BCUT2D eigenvalue weighted by Crippen LogP contribution is -2.64. The Morgan fingerprint density at radius 1 is 0.538 bits per heavy atom. The Hall–Kier alpha value is -1.22. The number of aliphatic hydroxyl groups is 7. The van der Waals surface area contributed by atoms with Gasteiger partial charge in [-0.15, -0.1) is 0 Å². The van der Waals surface area contributed by atoms with Gasteiger partial charge in [0.15, 0.2) is 0 Å². The third kappa shape index (κ3) is 32.3. The van der Waals surface area contributed by atoms with Crippen molar-refractivity contribution in [3.8, 4) is 0 Å². The topological polar surface area (TPSA) is 226 Å². The van der Waals surface area contributed by atoms with Gasteiger partial charge in [0.05, 0.1) is 31.3 Å². The van der Waals surface area contributed by atoms with E-state index in [0.717, 1.165) is 51.4 Å². The molecule has 1 aliphatic rings. The smallest absolute Gasteiger partial charge is 0.393 e. The first-order valence-corrected chi connectivity index (χ1v) is 27.9. The van der Waals surface area contributed by atoms with Crippen molar-refractivity contribution in [3.05, 3.63) is 24.3 Å². The van der Waals surface area contributed by atoms with E-state index in [2.05, 4.69) is 31.3 Å². The second-order valence-electron chi connectivity index (χ2n) is 18.9. The quantitative estimate of drug-likeness (QED) is 0.0158. The van der Waals surface area contributed by atoms with Crippen molar-refractivity contribution < 1.29 is 59.0 Å². The highest BCUT2D eigenvalue weighted by Gasteiger charge is 2.51. The molecule has 1 saturated carbocycles. The maximum atomic E-state index is 13.0. The molecule has 0 saturated heterocycles. The molecule has 13 nitrogen and oxygen atoms in total. The molecule has 0 spiro atoms. The summed E-state index contributed by atoms with van der Waals surface area (Å²) < 4.78 is 22.9. The van der Waals surface area contributed by atoms with Crippen LogP contribution in [0.1, 0.15) is 232 Å². The fraction of sp³-hybridized carbons (Fsp3) is 0.902. The summed E-state index contributed by atoms with van der Waals surface area (Å²) in [6, 6.07) is -1.24. The molecule has 1 rings (SSSR count). The highest BCUT2D eigenvalue weighted by Crippen LogP contribution is 2.47. The molecule has 0 aliphatic heterocycles. The van der Waals surface area contributed by atoms with Crippen LogP contribution < -0.4 is 5.32 Å². The van der Waals surface area contributed by atoms with E-state index in [1.54, 1.807) is 6.08 Å². The van der Waals surface area contributed by atoms with Crippen LogP contribution in [0.3, 0.4) is 0 Å². The van der Waals surface area contributed by atoms with E-state index in [4.69, 9.17) is 9.05 Å². The summed E-state index contributed by atoms with van der Waals surface area (Å²) in [6.07, 6.45) is 32.6. The van der Waals surface area contributed by atoms with Gasteiger partial charge in [0, 0.05) is 0 Å². The monoisotopic (exact) mass is 948 g/mol. The highest BCUT2D eigenvalue weighted by molar-refractivity contribution is 7.47. The number of hydrogen-bond donors (Lipinski definition) is 9. The molecule has 1 fully saturated rings. The number of amides is 1. The van der Waals surface area contributed by atoms with E-state index < -0.39 is 75.2 Å². The molecule has 0 radical (unpaired) electrons. The zero-order valence-electron chi connectivity index (χ0n) is 40.9. The van der Waals surface area contributed by atoms with Crippen molar-refractivity contribution in [3.63, 3.8) is 0 Å². The molecule has 0 aromatic heterocycles. The largest absolute Gasteiger partial charge is 0.472 e. The summed E-state index contributed by atoms with van der Waals surface area (Å²) in [7, 11) is -5.15. The van der Waals surface area contributed by atoms with Gasteiger partial charge in [-0.25, -0.2) is 4.57 Å². The van der Waals surface area contributed by atoms with E-state index >= 15 is 0 Å². The molecule has 0 heterocycles. The van der Waals surface area contributed by atoms with Gasteiger partial charge in [-0.2, -0.15) is 0 Å². The number of carbonyl (C=O) groups is 1. The number of phosphoric ester groups is 1. The predicted octanol–water partition coefficient (Wildman–Crippen LogP) is 9.93. The number of allylic oxidation sites excluding steroid dienone is 3. The minimum atomic E-state index is -5.15. The first-order chi connectivity index (χ1) is 31.3. The van der Waals surface area contributed by atoms with Crippen LogP contribution in [0.5, 0.6) is 0 Å². The molecule has 1 aliphatic carbocycles. The van der Waals surface area contributed by atoms with E-state index in [-0.39, 0.29) is 6.42 Å². The maximum absolute atomic E-state index is 13.0. The normalized spacial score (nSPS) is 22.7. The molecule has 0 bridgehead atoms. The Bertz CT molecular complexity index is 1210. The molecular formula is C51H98NO12P. The van der Waals surface area contributed by atoms with Gasteiger partial charge < -0.3 is 46.0 Å². The standard InChI is InChI=1S/C51H98NO12P/c1-3-5-7-9-11-13-15-17-19-21-22-23-25-27-29-31-33-35-37-39-44(54)43(41-63-65(61,62)64-51-49(59)47(57)46(56)48(58)50(51)60)52-45(55)40-42(53)38-36-34-32-30-28-26-24-20-18-16-14-12-10-8-6-4-2/h26,28,37,39,42-44,46-51,53-54,56-60H,3-25,27,29-36,38,40-41H2,1-2H3,(H,52,55)(H,61,62)/b28-26-,39-37+. The van der Waals surface area contributed by atoms with Crippen molar-refractivity contribution in [1.82, 2.24) is 5.32 Å². The molecule has 384 valence electrons. The van der Waals surface area contributed by atoms with E-state index in [1.807, 2.05) is 0 Å². The summed E-state index contributed by atoms with van der Waals surface area (Å²) in [5, 5.41) is 74.7. The Morgan fingerprint density at radius 2 is 0.892 bits per heavy atom. The summed E-state index contributed by atoms with van der Waals surface area (Å²) in [4.78, 5) is 23.5. The lowest BCUT2D eigenvalue weighted by Gasteiger charge is -2.41. The number of nitrogens with one attached hydrogen (secondary N) is 1. The minimum Gasteiger partial charge on any atom is -0.393 e. The lowest BCUT2D eigenvalue weighted by atomic mass is 9.85. The second kappa shape index (κ2) is 40.6. The number of rotatable bonds is 44. The zero-order valence-corrected chi connectivity index (χ0v) is 41.8. The zero-order chi connectivity index (χ0) is 48.0. The van der Waals surface area contributed by atoms with Gasteiger partial charge in [0.25, 0.3) is 0 Å². The maximum Gasteiger partial charge on any atom is 0.472 e. The Morgan fingerprint density at radius 3 is 1.31 bits per heavy atom. The highest BCUT2D eigenvalue weighted by atomic mass is 31.2. The fourth-order valence-electron chi connectivity index (χ4n) is 8.47. The Kier molecular flexibility index (Phi) is 38.6. The van der Waals surface area contributed by atoms with E-state index in [0.29, 0.717) is 12.8 Å². The van der Waals surface area contributed by atoms with Crippen molar-refractivity contribution in [2.75, 3.05) is 6.61 Å². The van der Waals surface area contributed by atoms with Crippen molar-refractivity contribution in [2.24, 2.45) is 0 Å². The lowest BCUT2D eigenvalue weighted by molar-refractivity contribution is -0.220. The molecule has 0 aromatic carbocycles. The summed E-state index contributed by atoms with van der Waals surface area (Å²) in [5.74, 6) is -0.599. The van der Waals surface area contributed by atoms with Gasteiger partial charge in [0.1, 0.15) is 36.6 Å². The Balaban J connectivity index is 2.49. The van der Waals surface area contributed by atoms with Crippen molar-refractivity contribution in [2.45, 2.75) is 287 Å². The van der Waals surface area contributed by atoms with Crippen LogP contribution in [0.25, 0.3) is 0 Å². The van der Waals surface area contributed by atoms with Gasteiger partial charge in [0.2, 0.25) is 5.91 Å². The van der Waals surface area contributed by atoms with Crippen LogP contribution in [0.2, 0.25) is 0 Å². The number of hydrogen-bond acceptors (Lipinski definition) is 11. The van der Waals surface area contributed by atoms with Crippen LogP contribution in [0.4, 0.5) is 0 Å². The molecule has 65 heavy (non-hydrogen) atoms. The third-order valence-corrected chi connectivity index (χ3v) is 13.8. The molecule has 8 unspecified atom stereocenters. The van der Waals surface area contributed by atoms with Gasteiger partial charge in [-0.05, 0) is 44.9 Å². The summed E-state index contributed by atoms with van der Waals surface area (Å²) >= 11 is 0. The summed E-state index contributed by atoms with van der Waals surface area (Å²) in [6.45, 7) is 3.76.